The number of nitrogens with zero attached hydrogens (tertiary/aromatic N) is 3. The van der Waals surface area contributed by atoms with E-state index in [9.17, 15) is 18.0 Å². The number of rotatable bonds is 8. The largest absolute Gasteiger partial charge is 0.485 e. The van der Waals surface area contributed by atoms with Crippen molar-refractivity contribution in [3.8, 4) is 5.75 Å². The van der Waals surface area contributed by atoms with E-state index in [2.05, 4.69) is 15.5 Å². The summed E-state index contributed by atoms with van der Waals surface area (Å²) in [5.41, 5.74) is 1.59. The zero-order valence-electron chi connectivity index (χ0n) is 18.1. The van der Waals surface area contributed by atoms with Gasteiger partial charge in [0.25, 0.3) is 0 Å². The Labute approximate surface area is 188 Å². The standard InChI is InChI=1S/C22H23F3N4O2S/c1-12(2)29-17(10-31-21-13(3)6-5-7-14(21)4)27-28-22(29)32-11-18(30)26-16-9-8-15(23)19(24)20(16)25/h5-9,12H,10-11H2,1-4H3,(H,26,30). The van der Waals surface area contributed by atoms with Crippen LogP contribution in [-0.2, 0) is 11.4 Å². The molecule has 0 saturated carbocycles. The molecule has 6 nitrogen and oxygen atoms in total. The van der Waals surface area contributed by atoms with E-state index in [4.69, 9.17) is 4.74 Å². The van der Waals surface area contributed by atoms with Crippen molar-refractivity contribution in [3.63, 3.8) is 0 Å². The quantitative estimate of drug-likeness (QED) is 0.366. The fraction of sp³-hybridized carbons (Fsp3) is 0.318. The molecule has 0 unspecified atom stereocenters. The topological polar surface area (TPSA) is 69.0 Å². The summed E-state index contributed by atoms with van der Waals surface area (Å²) in [5, 5.41) is 11.1. The SMILES string of the molecule is Cc1cccc(C)c1OCc1nnc(SCC(=O)Nc2ccc(F)c(F)c2F)n1C(C)C. The molecule has 1 N–H and O–H groups in total. The van der Waals surface area contributed by atoms with Crippen molar-refractivity contribution in [2.45, 2.75) is 45.5 Å². The Morgan fingerprint density at radius 3 is 2.44 bits per heavy atom. The molecule has 1 heterocycles. The number of ether oxygens (including phenoxy) is 1. The number of halogens is 3. The Morgan fingerprint density at radius 1 is 1.09 bits per heavy atom. The number of hydrogen-bond acceptors (Lipinski definition) is 5. The smallest absolute Gasteiger partial charge is 0.234 e. The highest BCUT2D eigenvalue weighted by atomic mass is 32.2. The second-order valence-electron chi connectivity index (χ2n) is 7.43. The van der Waals surface area contributed by atoms with Gasteiger partial charge in [-0.1, -0.05) is 30.0 Å². The predicted octanol–water partition coefficient (Wildman–Crippen LogP) is 5.20. The number of carbonyl (C=O) groups excluding carboxylic acids is 1. The first kappa shape index (κ1) is 23.6. The molecular formula is C22H23F3N4O2S. The molecule has 32 heavy (non-hydrogen) atoms. The summed E-state index contributed by atoms with van der Waals surface area (Å²) in [5.74, 6) is -3.74. The van der Waals surface area contributed by atoms with Crippen LogP contribution in [0.15, 0.2) is 35.5 Å². The van der Waals surface area contributed by atoms with Gasteiger partial charge in [-0.15, -0.1) is 10.2 Å². The number of aromatic nitrogens is 3. The van der Waals surface area contributed by atoms with Gasteiger partial charge in [-0.3, -0.25) is 4.79 Å². The third kappa shape index (κ3) is 5.24. The van der Waals surface area contributed by atoms with Gasteiger partial charge in [0.2, 0.25) is 5.91 Å². The minimum atomic E-state index is -1.64. The second kappa shape index (κ2) is 10.1. The Bertz CT molecular complexity index is 1110. The van der Waals surface area contributed by atoms with E-state index in [0.717, 1.165) is 40.8 Å². The van der Waals surface area contributed by atoms with Crippen LogP contribution in [-0.4, -0.2) is 26.4 Å². The molecule has 1 amide bonds. The molecule has 0 radical (unpaired) electrons. The van der Waals surface area contributed by atoms with Crippen molar-refractivity contribution < 1.29 is 22.7 Å². The Morgan fingerprint density at radius 2 is 1.78 bits per heavy atom. The lowest BCUT2D eigenvalue weighted by atomic mass is 10.1. The zero-order valence-corrected chi connectivity index (χ0v) is 18.9. The molecule has 0 saturated heterocycles. The molecule has 3 rings (SSSR count). The van der Waals surface area contributed by atoms with Gasteiger partial charge >= 0.3 is 0 Å². The molecule has 0 aliphatic carbocycles. The highest BCUT2D eigenvalue weighted by molar-refractivity contribution is 7.99. The Kier molecular flexibility index (Phi) is 7.44. The normalized spacial score (nSPS) is 11.1. The maximum Gasteiger partial charge on any atom is 0.234 e. The average molecular weight is 465 g/mol. The summed E-state index contributed by atoms with van der Waals surface area (Å²) in [4.78, 5) is 12.2. The van der Waals surface area contributed by atoms with Crippen LogP contribution >= 0.6 is 11.8 Å². The van der Waals surface area contributed by atoms with Crippen LogP contribution in [0.25, 0.3) is 0 Å². The van der Waals surface area contributed by atoms with Crippen LogP contribution in [0.3, 0.4) is 0 Å². The van der Waals surface area contributed by atoms with Crippen molar-refractivity contribution in [1.82, 2.24) is 14.8 Å². The third-order valence-corrected chi connectivity index (χ3v) is 5.59. The van der Waals surface area contributed by atoms with Gasteiger partial charge in [0.15, 0.2) is 28.4 Å². The zero-order chi connectivity index (χ0) is 23.4. The van der Waals surface area contributed by atoms with Gasteiger partial charge in [0, 0.05) is 6.04 Å². The number of thioether (sulfide) groups is 1. The van der Waals surface area contributed by atoms with Crippen LogP contribution < -0.4 is 10.1 Å². The van der Waals surface area contributed by atoms with Crippen molar-refractivity contribution in [2.75, 3.05) is 11.1 Å². The van der Waals surface area contributed by atoms with Crippen LogP contribution in [0.5, 0.6) is 5.75 Å². The lowest BCUT2D eigenvalue weighted by Crippen LogP contribution is -2.17. The van der Waals surface area contributed by atoms with E-state index in [-0.39, 0.29) is 18.4 Å². The maximum absolute atomic E-state index is 13.8. The molecule has 1 aromatic heterocycles. The highest BCUT2D eigenvalue weighted by Gasteiger charge is 2.19. The summed E-state index contributed by atoms with van der Waals surface area (Å²) in [7, 11) is 0. The minimum Gasteiger partial charge on any atom is -0.485 e. The summed E-state index contributed by atoms with van der Waals surface area (Å²) in [6.07, 6.45) is 0. The third-order valence-electron chi connectivity index (χ3n) is 4.65. The summed E-state index contributed by atoms with van der Waals surface area (Å²) >= 11 is 1.10. The monoisotopic (exact) mass is 464 g/mol. The van der Waals surface area contributed by atoms with Gasteiger partial charge in [-0.25, -0.2) is 13.2 Å². The molecule has 0 spiro atoms. The fourth-order valence-electron chi connectivity index (χ4n) is 3.13. The summed E-state index contributed by atoms with van der Waals surface area (Å²) < 4.78 is 48.0. The number of anilines is 1. The molecule has 0 bridgehead atoms. The van der Waals surface area contributed by atoms with E-state index < -0.39 is 29.0 Å². The number of amides is 1. The van der Waals surface area contributed by atoms with Crippen molar-refractivity contribution in [3.05, 3.63) is 64.7 Å². The van der Waals surface area contributed by atoms with Crippen molar-refractivity contribution >= 4 is 23.4 Å². The fourth-order valence-corrected chi connectivity index (χ4v) is 4.01. The molecule has 2 aromatic carbocycles. The van der Waals surface area contributed by atoms with Gasteiger partial charge in [0.05, 0.1) is 11.4 Å². The summed E-state index contributed by atoms with van der Waals surface area (Å²) in [6, 6.07) is 7.60. The molecule has 10 heteroatoms. The number of hydrogen-bond donors (Lipinski definition) is 1. The predicted molar refractivity (Wildman–Crippen MR) is 116 cm³/mol. The number of nitrogens with one attached hydrogen (secondary N) is 1. The highest BCUT2D eigenvalue weighted by Crippen LogP contribution is 2.26. The maximum atomic E-state index is 13.8. The van der Waals surface area contributed by atoms with Crippen LogP contribution in [0.1, 0.15) is 36.8 Å². The molecule has 0 aliphatic heterocycles. The molecule has 0 aliphatic rings. The average Bonchev–Trinajstić information content (AvgIpc) is 3.15. The lowest BCUT2D eigenvalue weighted by Gasteiger charge is -2.15. The van der Waals surface area contributed by atoms with E-state index >= 15 is 0 Å². The first-order chi connectivity index (χ1) is 15.2. The Hall–Kier alpha value is -3.01. The van der Waals surface area contributed by atoms with Crippen LogP contribution in [0.4, 0.5) is 18.9 Å². The summed E-state index contributed by atoms with van der Waals surface area (Å²) in [6.45, 7) is 8.03. The first-order valence-corrected chi connectivity index (χ1v) is 10.9. The van der Waals surface area contributed by atoms with Gasteiger partial charge in [-0.05, 0) is 51.0 Å². The molecule has 0 fully saturated rings. The van der Waals surface area contributed by atoms with Crippen molar-refractivity contribution in [1.29, 1.82) is 0 Å². The Balaban J connectivity index is 1.68. The number of para-hydroxylation sites is 1. The second-order valence-corrected chi connectivity index (χ2v) is 8.37. The number of aryl methyl sites for hydroxylation is 2. The van der Waals surface area contributed by atoms with Crippen molar-refractivity contribution in [2.24, 2.45) is 0 Å². The first-order valence-electron chi connectivity index (χ1n) is 9.88. The van der Waals surface area contributed by atoms with Gasteiger partial charge < -0.3 is 14.6 Å². The number of benzene rings is 2. The van der Waals surface area contributed by atoms with Gasteiger partial charge in [0.1, 0.15) is 12.4 Å². The van der Waals surface area contributed by atoms with E-state index in [1.54, 1.807) is 0 Å². The van der Waals surface area contributed by atoms with E-state index in [1.165, 1.54) is 0 Å². The molecular weight excluding hydrogens is 441 g/mol. The van der Waals surface area contributed by atoms with Gasteiger partial charge in [-0.2, -0.15) is 0 Å². The lowest BCUT2D eigenvalue weighted by molar-refractivity contribution is -0.113. The minimum absolute atomic E-state index is 0.00392. The number of carbonyl (C=O) groups is 1. The molecule has 170 valence electrons. The molecule has 3 aromatic rings. The molecule has 0 atom stereocenters. The van der Waals surface area contributed by atoms with E-state index in [1.807, 2.05) is 50.5 Å². The van der Waals surface area contributed by atoms with Crippen LogP contribution in [0, 0.1) is 31.3 Å². The van der Waals surface area contributed by atoms with Crippen LogP contribution in [0.2, 0.25) is 0 Å². The van der Waals surface area contributed by atoms with E-state index in [0.29, 0.717) is 11.0 Å².